The number of thiophene rings is 1. The fourth-order valence-electron chi connectivity index (χ4n) is 4.39. The van der Waals surface area contributed by atoms with Gasteiger partial charge in [-0.15, -0.1) is 21.5 Å². The third kappa shape index (κ3) is 5.21. The van der Waals surface area contributed by atoms with E-state index in [1.54, 1.807) is 41.8 Å². The molecule has 3 heterocycles. The van der Waals surface area contributed by atoms with E-state index in [-0.39, 0.29) is 17.3 Å². The van der Waals surface area contributed by atoms with Gasteiger partial charge in [0.2, 0.25) is 0 Å². The summed E-state index contributed by atoms with van der Waals surface area (Å²) >= 11 is 7.72. The number of amides is 1. The second kappa shape index (κ2) is 10.8. The van der Waals surface area contributed by atoms with E-state index < -0.39 is 24.3 Å². The Bertz CT molecular complexity index is 1690. The van der Waals surface area contributed by atoms with Crippen LogP contribution in [-0.4, -0.2) is 42.5 Å². The largest absolute Gasteiger partial charge is 0.481 e. The number of nitrogens with zero attached hydrogens (tertiary/aromatic N) is 3. The molecule has 0 aliphatic rings. The molecule has 5 aromatic rings. The molecule has 0 saturated heterocycles. The third-order valence-corrected chi connectivity index (χ3v) is 7.89. The number of H-pyrrole nitrogens is 1. The number of aliphatic carboxylic acids is 1. The van der Waals surface area contributed by atoms with Crippen molar-refractivity contribution in [3.8, 4) is 5.00 Å². The minimum atomic E-state index is -1.13. The van der Waals surface area contributed by atoms with E-state index in [9.17, 15) is 19.5 Å². The van der Waals surface area contributed by atoms with Crippen LogP contribution in [0.2, 0.25) is 5.02 Å². The number of hydrogen-bond donors (Lipinski definition) is 3. The Hall–Kier alpha value is -4.28. The molecular formula is C28H24ClN5O4S. The molecule has 0 radical (unpaired) electrons. The number of carboxylic acid groups (broad SMARTS) is 1. The van der Waals surface area contributed by atoms with Crippen molar-refractivity contribution in [1.29, 1.82) is 0 Å². The van der Waals surface area contributed by atoms with Crippen molar-refractivity contribution in [3.63, 3.8) is 0 Å². The number of benzene rings is 2. The lowest BCUT2D eigenvalue weighted by atomic mass is 10.0. The molecule has 0 aliphatic carbocycles. The average Bonchev–Trinajstić information content (AvgIpc) is 3.64. The van der Waals surface area contributed by atoms with Crippen LogP contribution < -0.4 is 5.32 Å². The second-order valence-corrected chi connectivity index (χ2v) is 10.5. The first-order valence-electron chi connectivity index (χ1n) is 12.2. The predicted molar refractivity (Wildman–Crippen MR) is 149 cm³/mol. The minimum Gasteiger partial charge on any atom is -0.481 e. The molecular weight excluding hydrogens is 538 g/mol. The summed E-state index contributed by atoms with van der Waals surface area (Å²) in [4.78, 5) is 42.7. The van der Waals surface area contributed by atoms with Gasteiger partial charge in [-0.3, -0.25) is 19.0 Å². The van der Waals surface area contributed by atoms with Gasteiger partial charge in [0, 0.05) is 21.3 Å². The predicted octanol–water partition coefficient (Wildman–Crippen LogP) is 5.51. The summed E-state index contributed by atoms with van der Waals surface area (Å²) in [5.74, 6) is -1.24. The van der Waals surface area contributed by atoms with Crippen LogP contribution in [0.4, 0.5) is 0 Å². The number of aromatic amines is 1. The van der Waals surface area contributed by atoms with Crippen molar-refractivity contribution in [3.05, 3.63) is 99.0 Å². The summed E-state index contributed by atoms with van der Waals surface area (Å²) in [7, 11) is 0. The van der Waals surface area contributed by atoms with Gasteiger partial charge in [0.05, 0.1) is 17.0 Å². The zero-order chi connectivity index (χ0) is 27.7. The summed E-state index contributed by atoms with van der Waals surface area (Å²) in [6.07, 6.45) is 0.240. The Morgan fingerprint density at radius 3 is 2.54 bits per heavy atom. The van der Waals surface area contributed by atoms with E-state index in [0.29, 0.717) is 33.4 Å². The van der Waals surface area contributed by atoms with Crippen LogP contribution in [0.3, 0.4) is 0 Å². The quantitative estimate of drug-likeness (QED) is 0.203. The summed E-state index contributed by atoms with van der Waals surface area (Å²) < 4.78 is 1.65. The van der Waals surface area contributed by atoms with Gasteiger partial charge in [-0.1, -0.05) is 48.9 Å². The molecule has 0 saturated carbocycles. The third-order valence-electron chi connectivity index (χ3n) is 6.30. The maximum Gasteiger partial charge on any atom is 0.305 e. The van der Waals surface area contributed by atoms with E-state index in [2.05, 4.69) is 20.5 Å². The van der Waals surface area contributed by atoms with E-state index in [1.165, 1.54) is 11.3 Å². The van der Waals surface area contributed by atoms with Crippen molar-refractivity contribution in [2.24, 2.45) is 0 Å². The maximum absolute atomic E-state index is 13.6. The van der Waals surface area contributed by atoms with Crippen LogP contribution in [0.15, 0.2) is 60.7 Å². The number of aromatic nitrogens is 4. The minimum absolute atomic E-state index is 0.206. The molecule has 1 amide bonds. The normalized spacial score (nSPS) is 12.0. The highest BCUT2D eigenvalue weighted by atomic mass is 35.5. The molecule has 2 aromatic carbocycles. The first kappa shape index (κ1) is 26.3. The summed E-state index contributed by atoms with van der Waals surface area (Å²) in [6.45, 7) is 3.69. The SMILES string of the molecule is CCc1cc(C(=O)c2ccccc2Cl)c(-n2c(C)nnc2C(CC(=O)O)NC(=O)c2cc3ccccc3[nH]2)s1. The van der Waals surface area contributed by atoms with Crippen LogP contribution in [0.5, 0.6) is 0 Å². The first-order valence-corrected chi connectivity index (χ1v) is 13.4. The lowest BCUT2D eigenvalue weighted by Gasteiger charge is -2.18. The van der Waals surface area contributed by atoms with Crippen molar-refractivity contribution in [1.82, 2.24) is 25.1 Å². The van der Waals surface area contributed by atoms with Crippen LogP contribution in [0.1, 0.15) is 62.3 Å². The standard InChI is InChI=1S/C28H24ClN5O4S/c1-3-17-13-19(25(37)18-9-5-6-10-20(18)29)28(39-17)34-15(2)32-33-26(34)22(14-24(35)36)31-27(38)23-12-16-8-4-7-11-21(16)30-23/h4-13,22,30H,3,14H2,1-2H3,(H,31,38)(H,35,36). The Morgan fingerprint density at radius 2 is 1.82 bits per heavy atom. The highest BCUT2D eigenvalue weighted by Crippen LogP contribution is 2.34. The van der Waals surface area contributed by atoms with E-state index in [0.717, 1.165) is 15.8 Å². The van der Waals surface area contributed by atoms with Crippen LogP contribution in [-0.2, 0) is 11.2 Å². The molecule has 1 unspecified atom stereocenters. The first-order chi connectivity index (χ1) is 18.8. The maximum atomic E-state index is 13.6. The zero-order valence-corrected chi connectivity index (χ0v) is 22.6. The van der Waals surface area contributed by atoms with Gasteiger partial charge in [-0.05, 0) is 43.7 Å². The Balaban J connectivity index is 1.57. The van der Waals surface area contributed by atoms with E-state index >= 15 is 0 Å². The molecule has 0 aliphatic heterocycles. The number of nitrogens with one attached hydrogen (secondary N) is 2. The van der Waals surface area contributed by atoms with Crippen LogP contribution in [0.25, 0.3) is 15.9 Å². The second-order valence-electron chi connectivity index (χ2n) is 8.93. The lowest BCUT2D eigenvalue weighted by molar-refractivity contribution is -0.137. The number of carbonyl (C=O) groups is 3. The fourth-order valence-corrected chi connectivity index (χ4v) is 5.76. The Morgan fingerprint density at radius 1 is 1.08 bits per heavy atom. The van der Waals surface area contributed by atoms with Gasteiger partial charge >= 0.3 is 5.97 Å². The van der Waals surface area contributed by atoms with Gasteiger partial charge in [0.1, 0.15) is 22.6 Å². The Kier molecular flexibility index (Phi) is 7.32. The number of para-hydroxylation sites is 1. The lowest BCUT2D eigenvalue weighted by Crippen LogP contribution is -2.32. The van der Waals surface area contributed by atoms with Crippen molar-refractivity contribution < 1.29 is 19.5 Å². The summed E-state index contributed by atoms with van der Waals surface area (Å²) in [5, 5.41) is 22.6. The van der Waals surface area contributed by atoms with Gasteiger partial charge in [-0.2, -0.15) is 0 Å². The van der Waals surface area contributed by atoms with Gasteiger partial charge < -0.3 is 15.4 Å². The molecule has 0 fully saturated rings. The number of carboxylic acids is 1. The highest BCUT2D eigenvalue weighted by Gasteiger charge is 2.29. The highest BCUT2D eigenvalue weighted by molar-refractivity contribution is 7.15. The molecule has 1 atom stereocenters. The smallest absolute Gasteiger partial charge is 0.305 e. The molecule has 9 nitrogen and oxygen atoms in total. The molecule has 3 aromatic heterocycles. The summed E-state index contributed by atoms with van der Waals surface area (Å²) in [6, 6.07) is 16.7. The monoisotopic (exact) mass is 561 g/mol. The molecule has 11 heteroatoms. The average molecular weight is 562 g/mol. The number of hydrogen-bond acceptors (Lipinski definition) is 6. The molecule has 3 N–H and O–H groups in total. The molecule has 0 spiro atoms. The van der Waals surface area contributed by atoms with Crippen LogP contribution in [0, 0.1) is 6.92 Å². The Labute approximate surface area is 232 Å². The van der Waals surface area contributed by atoms with Crippen molar-refractivity contribution in [2.45, 2.75) is 32.7 Å². The number of fused-ring (bicyclic) bond motifs is 1. The topological polar surface area (TPSA) is 130 Å². The number of ketones is 1. The van der Waals surface area contributed by atoms with Crippen LogP contribution >= 0.6 is 22.9 Å². The van der Waals surface area contributed by atoms with E-state index in [1.807, 2.05) is 37.3 Å². The number of halogens is 1. The summed E-state index contributed by atoms with van der Waals surface area (Å²) in [5.41, 5.74) is 1.81. The zero-order valence-electron chi connectivity index (χ0n) is 21.1. The number of rotatable bonds is 9. The van der Waals surface area contributed by atoms with Gasteiger partial charge in [0.25, 0.3) is 5.91 Å². The van der Waals surface area contributed by atoms with E-state index in [4.69, 9.17) is 11.6 Å². The number of aryl methyl sites for hydroxylation is 2. The van der Waals surface area contributed by atoms with Gasteiger partial charge in [-0.25, -0.2) is 0 Å². The number of carbonyl (C=O) groups excluding carboxylic acids is 2. The molecule has 5 rings (SSSR count). The molecule has 0 bridgehead atoms. The van der Waals surface area contributed by atoms with Crippen molar-refractivity contribution in [2.75, 3.05) is 0 Å². The van der Waals surface area contributed by atoms with Gasteiger partial charge in [0.15, 0.2) is 11.6 Å². The molecule has 198 valence electrons. The fraction of sp³-hybridized carbons (Fsp3) is 0.179. The van der Waals surface area contributed by atoms with Crippen molar-refractivity contribution >= 4 is 51.5 Å². The molecule has 39 heavy (non-hydrogen) atoms.